The lowest BCUT2D eigenvalue weighted by Crippen LogP contribution is -2.26. The third-order valence-electron chi connectivity index (χ3n) is 1.02. The van der Waals surface area contributed by atoms with Crippen LogP contribution in [0.25, 0.3) is 0 Å². The third-order valence-corrected chi connectivity index (χ3v) is 1.54. The number of hydrogen-bond donors (Lipinski definition) is 4. The van der Waals surface area contributed by atoms with E-state index in [9.17, 15) is 4.57 Å². The lowest BCUT2D eigenvalue weighted by molar-refractivity contribution is 0.150. The van der Waals surface area contributed by atoms with E-state index in [1.807, 2.05) is 0 Å². The molecule has 0 saturated carbocycles. The smallest absolute Gasteiger partial charge is 0.379 e. The molecule has 6 nitrogen and oxygen atoms in total. The molecular weight excluding hydrogens is 185 g/mol. The number of rotatable bonds is 6. The third kappa shape index (κ3) is 10.0. The predicted molar refractivity (Wildman–Crippen MR) is 42.3 cm³/mol. The highest BCUT2D eigenvalue weighted by molar-refractivity contribution is 7.46. The van der Waals surface area contributed by atoms with Gasteiger partial charge in [0.2, 0.25) is 0 Å². The molecule has 0 amide bonds. The number of aliphatic hydroxyl groups excluding tert-OH is 1. The minimum absolute atomic E-state index is 0.0238. The molecule has 0 aliphatic heterocycles. The SMILES string of the molecule is CC(O)NCCCOP(=O)(O)O. The van der Waals surface area contributed by atoms with Crippen LogP contribution in [0, 0.1) is 0 Å². The van der Waals surface area contributed by atoms with Crippen LogP contribution in [-0.2, 0) is 9.09 Å². The summed E-state index contributed by atoms with van der Waals surface area (Å²) in [6, 6.07) is 0. The first kappa shape index (κ1) is 12.0. The molecule has 0 heterocycles. The molecule has 74 valence electrons. The number of phosphoric acid groups is 1. The van der Waals surface area contributed by atoms with Crippen molar-refractivity contribution in [3.05, 3.63) is 0 Å². The highest BCUT2D eigenvalue weighted by atomic mass is 31.2. The molecule has 0 rings (SSSR count). The van der Waals surface area contributed by atoms with Crippen molar-refractivity contribution in [2.75, 3.05) is 13.2 Å². The Kier molecular flexibility index (Phi) is 5.65. The summed E-state index contributed by atoms with van der Waals surface area (Å²) in [4.78, 5) is 16.5. The Morgan fingerprint density at radius 1 is 1.58 bits per heavy atom. The number of phosphoric ester groups is 1. The largest absolute Gasteiger partial charge is 0.469 e. The second-order valence-corrected chi connectivity index (χ2v) is 3.55. The topological polar surface area (TPSA) is 99.0 Å². The van der Waals surface area contributed by atoms with Gasteiger partial charge in [-0.25, -0.2) is 4.57 Å². The first-order chi connectivity index (χ1) is 5.42. The molecule has 0 saturated heterocycles. The van der Waals surface area contributed by atoms with Crippen molar-refractivity contribution in [3.63, 3.8) is 0 Å². The van der Waals surface area contributed by atoms with Gasteiger partial charge in [-0.1, -0.05) is 0 Å². The summed E-state index contributed by atoms with van der Waals surface area (Å²) in [5.41, 5.74) is 0. The predicted octanol–water partition coefficient (Wildman–Crippen LogP) is -0.586. The van der Waals surface area contributed by atoms with E-state index in [0.717, 1.165) is 0 Å². The van der Waals surface area contributed by atoms with Crippen molar-refractivity contribution < 1.29 is 24.0 Å². The van der Waals surface area contributed by atoms with Crippen LogP contribution < -0.4 is 5.32 Å². The van der Waals surface area contributed by atoms with Gasteiger partial charge in [-0.2, -0.15) is 0 Å². The fourth-order valence-electron chi connectivity index (χ4n) is 0.567. The maximum absolute atomic E-state index is 10.1. The normalized spacial score (nSPS) is 14.7. The van der Waals surface area contributed by atoms with E-state index in [-0.39, 0.29) is 6.61 Å². The molecule has 0 aromatic rings. The van der Waals surface area contributed by atoms with Gasteiger partial charge in [0.25, 0.3) is 0 Å². The molecule has 0 aliphatic carbocycles. The number of hydrogen-bond acceptors (Lipinski definition) is 4. The van der Waals surface area contributed by atoms with Crippen molar-refractivity contribution in [1.82, 2.24) is 5.32 Å². The zero-order chi connectivity index (χ0) is 9.61. The molecule has 0 fully saturated rings. The van der Waals surface area contributed by atoms with E-state index in [1.54, 1.807) is 6.92 Å². The van der Waals surface area contributed by atoms with Crippen molar-refractivity contribution in [3.8, 4) is 0 Å². The lowest BCUT2D eigenvalue weighted by Gasteiger charge is -2.07. The monoisotopic (exact) mass is 199 g/mol. The van der Waals surface area contributed by atoms with Crippen LogP contribution in [0.3, 0.4) is 0 Å². The molecule has 0 spiro atoms. The van der Waals surface area contributed by atoms with Crippen LogP contribution in [0.5, 0.6) is 0 Å². The first-order valence-electron chi connectivity index (χ1n) is 3.53. The Morgan fingerprint density at radius 2 is 2.17 bits per heavy atom. The molecule has 7 heteroatoms. The summed E-state index contributed by atoms with van der Waals surface area (Å²) in [6.07, 6.45) is -0.171. The van der Waals surface area contributed by atoms with E-state index < -0.39 is 14.1 Å². The second kappa shape index (κ2) is 5.64. The van der Waals surface area contributed by atoms with Gasteiger partial charge in [0.1, 0.15) is 6.23 Å². The fourth-order valence-corrected chi connectivity index (χ4v) is 0.934. The Balaban J connectivity index is 3.17. The van der Waals surface area contributed by atoms with Crippen LogP contribution in [0.1, 0.15) is 13.3 Å². The Morgan fingerprint density at radius 3 is 2.58 bits per heavy atom. The molecular formula is C5H14NO5P. The first-order valence-corrected chi connectivity index (χ1v) is 5.06. The average Bonchev–Trinajstić information content (AvgIpc) is 1.83. The van der Waals surface area contributed by atoms with Gasteiger partial charge in [0.05, 0.1) is 6.61 Å². The molecule has 1 atom stereocenters. The summed E-state index contributed by atoms with van der Waals surface area (Å²) in [7, 11) is -4.32. The molecule has 0 aromatic carbocycles. The van der Waals surface area contributed by atoms with Crippen LogP contribution in [-0.4, -0.2) is 34.3 Å². The maximum atomic E-state index is 10.1. The minimum atomic E-state index is -4.32. The van der Waals surface area contributed by atoms with E-state index in [1.165, 1.54) is 0 Å². The fraction of sp³-hybridized carbons (Fsp3) is 1.00. The maximum Gasteiger partial charge on any atom is 0.469 e. The minimum Gasteiger partial charge on any atom is -0.379 e. The van der Waals surface area contributed by atoms with Crippen molar-refractivity contribution in [1.29, 1.82) is 0 Å². The highest BCUT2D eigenvalue weighted by Crippen LogP contribution is 2.35. The zero-order valence-electron chi connectivity index (χ0n) is 6.80. The van der Waals surface area contributed by atoms with Gasteiger partial charge in [-0.15, -0.1) is 0 Å². The van der Waals surface area contributed by atoms with Gasteiger partial charge in [-0.3, -0.25) is 9.84 Å². The Hall–Kier alpha value is 0.0300. The van der Waals surface area contributed by atoms with Gasteiger partial charge in [0.15, 0.2) is 0 Å². The molecule has 12 heavy (non-hydrogen) atoms. The van der Waals surface area contributed by atoms with Crippen molar-refractivity contribution >= 4 is 7.82 Å². The molecule has 0 bridgehead atoms. The molecule has 0 aromatic heterocycles. The summed E-state index contributed by atoms with van der Waals surface area (Å²) in [5.74, 6) is 0. The summed E-state index contributed by atoms with van der Waals surface area (Å²) in [6.45, 7) is 1.99. The molecule has 1 unspecified atom stereocenters. The lowest BCUT2D eigenvalue weighted by atomic mass is 10.4. The summed E-state index contributed by atoms with van der Waals surface area (Å²) >= 11 is 0. The average molecular weight is 199 g/mol. The number of aliphatic hydroxyl groups is 1. The van der Waals surface area contributed by atoms with Crippen LogP contribution in [0.2, 0.25) is 0 Å². The summed E-state index contributed by atoms with van der Waals surface area (Å²) in [5, 5.41) is 11.4. The Labute approximate surface area is 70.8 Å². The van der Waals surface area contributed by atoms with Crippen LogP contribution in [0.15, 0.2) is 0 Å². The highest BCUT2D eigenvalue weighted by Gasteiger charge is 2.12. The second-order valence-electron chi connectivity index (χ2n) is 2.31. The molecule has 4 N–H and O–H groups in total. The van der Waals surface area contributed by atoms with E-state index >= 15 is 0 Å². The van der Waals surface area contributed by atoms with E-state index in [0.29, 0.717) is 13.0 Å². The van der Waals surface area contributed by atoms with Gasteiger partial charge < -0.3 is 14.9 Å². The molecule has 0 radical (unpaired) electrons. The zero-order valence-corrected chi connectivity index (χ0v) is 7.70. The van der Waals surface area contributed by atoms with Crippen molar-refractivity contribution in [2.45, 2.75) is 19.6 Å². The van der Waals surface area contributed by atoms with E-state index in [2.05, 4.69) is 9.84 Å². The summed E-state index contributed by atoms with van der Waals surface area (Å²) < 4.78 is 14.3. The van der Waals surface area contributed by atoms with Gasteiger partial charge in [0, 0.05) is 0 Å². The van der Waals surface area contributed by atoms with Gasteiger partial charge >= 0.3 is 7.82 Å². The van der Waals surface area contributed by atoms with Gasteiger partial charge in [-0.05, 0) is 19.9 Å². The van der Waals surface area contributed by atoms with Crippen LogP contribution in [0.4, 0.5) is 0 Å². The standard InChI is InChI=1S/C5H14NO5P/c1-5(7)6-3-2-4-11-12(8,9)10/h5-7H,2-4H2,1H3,(H2,8,9,10). The van der Waals surface area contributed by atoms with Crippen molar-refractivity contribution in [2.24, 2.45) is 0 Å². The Bertz CT molecular complexity index is 156. The quantitative estimate of drug-likeness (QED) is 0.259. The number of nitrogens with one attached hydrogen (secondary N) is 1. The molecule has 0 aliphatic rings. The van der Waals surface area contributed by atoms with E-state index in [4.69, 9.17) is 14.9 Å². The van der Waals surface area contributed by atoms with Crippen LogP contribution >= 0.6 is 7.82 Å².